The van der Waals surface area contributed by atoms with Crippen molar-refractivity contribution < 1.29 is 4.79 Å². The van der Waals surface area contributed by atoms with E-state index in [0.29, 0.717) is 10.8 Å². The molecule has 0 bridgehead atoms. The van der Waals surface area contributed by atoms with E-state index in [1.165, 1.54) is 0 Å². The smallest absolute Gasteiger partial charge is 0.273 e. The summed E-state index contributed by atoms with van der Waals surface area (Å²) in [5.41, 5.74) is -0.747. The molecule has 1 heterocycles. The number of nitrogens with zero attached hydrogens (tertiary/aromatic N) is 1. The van der Waals surface area contributed by atoms with Crippen LogP contribution in [0.25, 0.3) is 10.8 Å². The molecule has 1 amide bonds. The Bertz CT molecular complexity index is 761. The topological polar surface area (TPSA) is 84.0 Å². The van der Waals surface area contributed by atoms with E-state index in [0.717, 1.165) is 17.5 Å². The maximum absolute atomic E-state index is 12.2. The summed E-state index contributed by atoms with van der Waals surface area (Å²) in [5, 5.41) is 5.89. The number of rotatable bonds is 5. The van der Waals surface area contributed by atoms with Crippen molar-refractivity contribution in [3.63, 3.8) is 0 Å². The van der Waals surface area contributed by atoms with E-state index in [2.05, 4.69) is 10.4 Å². The number of carbonyl (C=O) groups excluding carboxylic acids is 1. The molecule has 2 N–H and O–H groups in total. The van der Waals surface area contributed by atoms with Gasteiger partial charge in [-0.1, -0.05) is 25.5 Å². The lowest BCUT2D eigenvalue weighted by Gasteiger charge is -2.13. The highest BCUT2D eigenvalue weighted by Crippen LogP contribution is 2.02. The quantitative estimate of drug-likeness (QED) is 0.861. The van der Waals surface area contributed by atoms with Crippen LogP contribution >= 0.6 is 0 Å². The van der Waals surface area contributed by atoms with Crippen LogP contribution in [-0.2, 0) is 11.3 Å². The molecule has 1 aromatic heterocycles. The zero-order chi connectivity index (χ0) is 15.4. The van der Waals surface area contributed by atoms with Gasteiger partial charge in [0.05, 0.1) is 10.8 Å². The summed E-state index contributed by atoms with van der Waals surface area (Å²) in [5.74, 6) is -0.288. The van der Waals surface area contributed by atoms with Crippen molar-refractivity contribution in [2.45, 2.75) is 39.3 Å². The molecule has 0 aliphatic rings. The zero-order valence-corrected chi connectivity index (χ0v) is 12.2. The van der Waals surface area contributed by atoms with Gasteiger partial charge in [-0.3, -0.25) is 19.5 Å². The SMILES string of the molecule is CCC[C@H](C)NC(=O)Cn1[nH]c(=O)c2ccccc2c1=O. The number of nitrogens with one attached hydrogen (secondary N) is 2. The molecule has 112 valence electrons. The summed E-state index contributed by atoms with van der Waals surface area (Å²) in [6, 6.07) is 6.60. The minimum atomic E-state index is -0.375. The lowest BCUT2D eigenvalue weighted by Crippen LogP contribution is -2.39. The number of amides is 1. The first-order chi connectivity index (χ1) is 10.0. The van der Waals surface area contributed by atoms with Crippen molar-refractivity contribution >= 4 is 16.7 Å². The number of fused-ring (bicyclic) bond motifs is 1. The summed E-state index contributed by atoms with van der Waals surface area (Å²) in [7, 11) is 0. The van der Waals surface area contributed by atoms with E-state index in [9.17, 15) is 14.4 Å². The van der Waals surface area contributed by atoms with Gasteiger partial charge in [-0.05, 0) is 25.5 Å². The summed E-state index contributed by atoms with van der Waals surface area (Å²) in [4.78, 5) is 36.1. The third kappa shape index (κ3) is 3.39. The first-order valence-corrected chi connectivity index (χ1v) is 7.04. The van der Waals surface area contributed by atoms with Crippen LogP contribution < -0.4 is 16.4 Å². The molecule has 0 aliphatic heterocycles. The molecule has 1 aromatic carbocycles. The van der Waals surface area contributed by atoms with Gasteiger partial charge in [-0.2, -0.15) is 0 Å². The van der Waals surface area contributed by atoms with Gasteiger partial charge in [0.25, 0.3) is 11.1 Å². The average molecular weight is 289 g/mol. The van der Waals surface area contributed by atoms with Crippen molar-refractivity contribution in [2.75, 3.05) is 0 Å². The number of benzene rings is 1. The van der Waals surface area contributed by atoms with Gasteiger partial charge >= 0.3 is 0 Å². The molecule has 0 spiro atoms. The van der Waals surface area contributed by atoms with Crippen molar-refractivity contribution in [2.24, 2.45) is 0 Å². The van der Waals surface area contributed by atoms with Gasteiger partial charge in [0.2, 0.25) is 5.91 Å². The summed E-state index contributed by atoms with van der Waals surface area (Å²) in [6.07, 6.45) is 1.84. The van der Waals surface area contributed by atoms with Crippen LogP contribution in [0.1, 0.15) is 26.7 Å². The maximum Gasteiger partial charge on any atom is 0.273 e. The normalized spacial score (nSPS) is 12.3. The van der Waals surface area contributed by atoms with Crippen LogP contribution in [-0.4, -0.2) is 21.7 Å². The number of hydrogen-bond acceptors (Lipinski definition) is 3. The second-order valence-corrected chi connectivity index (χ2v) is 5.14. The zero-order valence-electron chi connectivity index (χ0n) is 12.2. The van der Waals surface area contributed by atoms with E-state index in [4.69, 9.17) is 0 Å². The Morgan fingerprint density at radius 2 is 1.95 bits per heavy atom. The van der Waals surface area contributed by atoms with E-state index in [-0.39, 0.29) is 29.6 Å². The second kappa shape index (κ2) is 6.39. The predicted molar refractivity (Wildman–Crippen MR) is 81.3 cm³/mol. The van der Waals surface area contributed by atoms with Gasteiger partial charge in [0.1, 0.15) is 6.54 Å². The van der Waals surface area contributed by atoms with Crippen LogP contribution in [0.5, 0.6) is 0 Å². The fraction of sp³-hybridized carbons (Fsp3) is 0.400. The monoisotopic (exact) mass is 289 g/mol. The molecule has 2 aromatic rings. The number of aromatic amines is 1. The molecule has 1 atom stereocenters. The van der Waals surface area contributed by atoms with Crippen molar-refractivity contribution in [1.29, 1.82) is 0 Å². The first-order valence-electron chi connectivity index (χ1n) is 7.04. The highest BCUT2D eigenvalue weighted by atomic mass is 16.2. The van der Waals surface area contributed by atoms with Gasteiger partial charge in [0.15, 0.2) is 0 Å². The fourth-order valence-corrected chi connectivity index (χ4v) is 2.33. The Balaban J connectivity index is 2.27. The molecule has 0 radical (unpaired) electrons. The molecule has 6 nitrogen and oxygen atoms in total. The largest absolute Gasteiger partial charge is 0.352 e. The predicted octanol–water partition coefficient (Wildman–Crippen LogP) is 0.995. The highest BCUT2D eigenvalue weighted by molar-refractivity contribution is 5.81. The standard InChI is InChI=1S/C15H19N3O3/c1-3-6-10(2)16-13(19)9-18-15(21)12-8-5-4-7-11(12)14(20)17-18/h4-5,7-8,10H,3,6,9H2,1-2H3,(H,16,19)(H,17,20)/t10-/m0/s1. The van der Waals surface area contributed by atoms with Gasteiger partial charge in [-0.25, -0.2) is 4.68 Å². The average Bonchev–Trinajstić information content (AvgIpc) is 2.44. The number of carbonyl (C=O) groups is 1. The van der Waals surface area contributed by atoms with Crippen LogP contribution in [0.3, 0.4) is 0 Å². The van der Waals surface area contributed by atoms with Crippen molar-refractivity contribution in [1.82, 2.24) is 15.1 Å². The van der Waals surface area contributed by atoms with E-state index in [1.54, 1.807) is 24.3 Å². The number of hydrogen-bond donors (Lipinski definition) is 2. The Morgan fingerprint density at radius 1 is 1.29 bits per heavy atom. The van der Waals surface area contributed by atoms with E-state index >= 15 is 0 Å². The van der Waals surface area contributed by atoms with Crippen LogP contribution in [0.4, 0.5) is 0 Å². The lowest BCUT2D eigenvalue weighted by atomic mass is 10.2. The summed E-state index contributed by atoms with van der Waals surface area (Å²) >= 11 is 0. The fourth-order valence-electron chi connectivity index (χ4n) is 2.33. The van der Waals surface area contributed by atoms with E-state index < -0.39 is 0 Å². The number of H-pyrrole nitrogens is 1. The first kappa shape index (κ1) is 15.0. The third-order valence-corrected chi connectivity index (χ3v) is 3.31. The number of aromatic nitrogens is 2. The minimum absolute atomic E-state index is 0.0466. The Kier molecular flexibility index (Phi) is 4.57. The van der Waals surface area contributed by atoms with Crippen LogP contribution in [0.2, 0.25) is 0 Å². The molecule has 0 unspecified atom stereocenters. The van der Waals surface area contributed by atoms with Gasteiger partial charge in [0, 0.05) is 6.04 Å². The summed E-state index contributed by atoms with van der Waals surface area (Å²) in [6.45, 7) is 3.76. The van der Waals surface area contributed by atoms with Crippen molar-refractivity contribution in [3.05, 3.63) is 45.0 Å². The molecule has 0 saturated carbocycles. The van der Waals surface area contributed by atoms with Crippen LogP contribution in [0.15, 0.2) is 33.9 Å². The maximum atomic E-state index is 12.2. The Hall–Kier alpha value is -2.37. The molecule has 21 heavy (non-hydrogen) atoms. The van der Waals surface area contributed by atoms with Gasteiger partial charge in [-0.15, -0.1) is 0 Å². The molecular formula is C15H19N3O3. The summed E-state index contributed by atoms with van der Waals surface area (Å²) < 4.78 is 1.05. The van der Waals surface area contributed by atoms with Gasteiger partial charge < -0.3 is 5.32 Å². The molecular weight excluding hydrogens is 270 g/mol. The highest BCUT2D eigenvalue weighted by Gasteiger charge is 2.11. The Morgan fingerprint density at radius 3 is 2.62 bits per heavy atom. The molecule has 2 rings (SSSR count). The molecule has 6 heteroatoms. The molecule has 0 fully saturated rings. The Labute approximate surface area is 121 Å². The third-order valence-electron chi connectivity index (χ3n) is 3.31. The van der Waals surface area contributed by atoms with Crippen LogP contribution in [0, 0.1) is 0 Å². The van der Waals surface area contributed by atoms with E-state index in [1.807, 2.05) is 13.8 Å². The second-order valence-electron chi connectivity index (χ2n) is 5.14. The lowest BCUT2D eigenvalue weighted by molar-refractivity contribution is -0.122. The molecule has 0 saturated heterocycles. The molecule has 0 aliphatic carbocycles. The minimum Gasteiger partial charge on any atom is -0.352 e. The van der Waals surface area contributed by atoms with Crippen molar-refractivity contribution in [3.8, 4) is 0 Å².